The number of amides is 1. The van der Waals surface area contributed by atoms with E-state index in [-0.39, 0.29) is 17.6 Å². The molecular formula is C13H19N3O3. The Balaban J connectivity index is 1.90. The van der Waals surface area contributed by atoms with Crippen LogP contribution < -0.4 is 5.32 Å². The minimum absolute atomic E-state index is 0.0144. The number of aromatic nitrogens is 2. The maximum absolute atomic E-state index is 11.8. The lowest BCUT2D eigenvalue weighted by Crippen LogP contribution is -2.39. The van der Waals surface area contributed by atoms with Gasteiger partial charge in [0.15, 0.2) is 11.8 Å². The minimum Gasteiger partial charge on any atom is -0.448 e. The maximum atomic E-state index is 11.8. The third kappa shape index (κ3) is 3.56. The molecule has 1 aromatic heterocycles. The number of hydrogen-bond donors (Lipinski definition) is 2. The Hall–Kier alpha value is -1.85. The summed E-state index contributed by atoms with van der Waals surface area (Å²) in [5.41, 5.74) is 1.19. The molecule has 1 unspecified atom stereocenters. The molecule has 0 spiro atoms. The molecule has 1 saturated carbocycles. The first-order valence-electron chi connectivity index (χ1n) is 6.54. The van der Waals surface area contributed by atoms with Crippen LogP contribution in [0.3, 0.4) is 0 Å². The van der Waals surface area contributed by atoms with Crippen LogP contribution in [0.2, 0.25) is 0 Å². The Labute approximate surface area is 111 Å². The van der Waals surface area contributed by atoms with Crippen molar-refractivity contribution in [3.05, 3.63) is 17.5 Å². The second-order valence-electron chi connectivity index (χ2n) is 5.19. The molecule has 1 heterocycles. The lowest BCUT2D eigenvalue weighted by molar-refractivity contribution is -0.129. The molecule has 104 valence electrons. The second-order valence-corrected chi connectivity index (χ2v) is 5.19. The van der Waals surface area contributed by atoms with E-state index in [1.807, 2.05) is 13.8 Å². The SMILES string of the molecule is CC(C)NC(=O)C(C)OC(=O)c1cc(C2CC2)[nH]n1. The highest BCUT2D eigenvalue weighted by atomic mass is 16.5. The van der Waals surface area contributed by atoms with Crippen LogP contribution in [-0.2, 0) is 9.53 Å². The van der Waals surface area contributed by atoms with Crippen LogP contribution in [0.25, 0.3) is 0 Å². The van der Waals surface area contributed by atoms with Crippen LogP contribution in [0.1, 0.15) is 55.7 Å². The maximum Gasteiger partial charge on any atom is 0.359 e. The smallest absolute Gasteiger partial charge is 0.359 e. The normalized spacial score (nSPS) is 16.2. The summed E-state index contributed by atoms with van der Waals surface area (Å²) in [5.74, 6) is -0.383. The van der Waals surface area contributed by atoms with Crippen molar-refractivity contribution in [2.45, 2.75) is 51.7 Å². The number of esters is 1. The lowest BCUT2D eigenvalue weighted by Gasteiger charge is -2.14. The number of rotatable bonds is 5. The molecule has 6 heteroatoms. The van der Waals surface area contributed by atoms with Gasteiger partial charge in [0, 0.05) is 17.7 Å². The topological polar surface area (TPSA) is 84.1 Å². The van der Waals surface area contributed by atoms with Gasteiger partial charge in [-0.15, -0.1) is 0 Å². The highest BCUT2D eigenvalue weighted by molar-refractivity contribution is 5.90. The molecular weight excluding hydrogens is 246 g/mol. The number of hydrogen-bond acceptors (Lipinski definition) is 4. The van der Waals surface area contributed by atoms with E-state index in [0.29, 0.717) is 5.92 Å². The van der Waals surface area contributed by atoms with E-state index in [2.05, 4.69) is 15.5 Å². The Morgan fingerprint density at radius 1 is 1.42 bits per heavy atom. The average Bonchev–Trinajstić information content (AvgIpc) is 3.06. The molecule has 1 aliphatic carbocycles. The molecule has 0 bridgehead atoms. The molecule has 0 saturated heterocycles. The van der Waals surface area contributed by atoms with Gasteiger partial charge in [-0.2, -0.15) is 5.10 Å². The summed E-state index contributed by atoms with van der Waals surface area (Å²) in [6, 6.07) is 1.72. The van der Waals surface area contributed by atoms with Crippen molar-refractivity contribution in [1.29, 1.82) is 0 Å². The van der Waals surface area contributed by atoms with Crippen LogP contribution in [0.15, 0.2) is 6.07 Å². The van der Waals surface area contributed by atoms with Gasteiger partial charge in [0.05, 0.1) is 0 Å². The number of carbonyl (C=O) groups is 2. The van der Waals surface area contributed by atoms with Crippen LogP contribution in [-0.4, -0.2) is 34.2 Å². The van der Waals surface area contributed by atoms with Gasteiger partial charge in [-0.1, -0.05) is 0 Å². The largest absolute Gasteiger partial charge is 0.448 e. The van der Waals surface area contributed by atoms with Crippen LogP contribution >= 0.6 is 0 Å². The standard InChI is InChI=1S/C13H19N3O3/c1-7(2)14-12(17)8(3)19-13(18)11-6-10(15-16-11)9-4-5-9/h6-9H,4-5H2,1-3H3,(H,14,17)(H,15,16). The number of ether oxygens (including phenoxy) is 1. The Morgan fingerprint density at radius 3 is 2.68 bits per heavy atom. The highest BCUT2D eigenvalue weighted by Crippen LogP contribution is 2.39. The second kappa shape index (κ2) is 5.42. The first-order valence-corrected chi connectivity index (χ1v) is 6.54. The molecule has 1 amide bonds. The number of carbonyl (C=O) groups excluding carboxylic acids is 2. The molecule has 0 aromatic carbocycles. The fourth-order valence-electron chi connectivity index (χ4n) is 1.72. The van der Waals surface area contributed by atoms with Gasteiger partial charge in [0.25, 0.3) is 5.91 Å². The zero-order chi connectivity index (χ0) is 14.0. The monoisotopic (exact) mass is 265 g/mol. The third-order valence-corrected chi connectivity index (χ3v) is 2.91. The molecule has 1 fully saturated rings. The van der Waals surface area contributed by atoms with E-state index < -0.39 is 12.1 Å². The minimum atomic E-state index is -0.823. The quantitative estimate of drug-likeness (QED) is 0.787. The van der Waals surface area contributed by atoms with Crippen molar-refractivity contribution in [3.8, 4) is 0 Å². The Morgan fingerprint density at radius 2 is 2.11 bits per heavy atom. The molecule has 6 nitrogen and oxygen atoms in total. The summed E-state index contributed by atoms with van der Waals surface area (Å²) in [6.45, 7) is 5.24. The summed E-state index contributed by atoms with van der Waals surface area (Å²) in [6.07, 6.45) is 1.43. The molecule has 19 heavy (non-hydrogen) atoms. The van der Waals surface area contributed by atoms with Crippen molar-refractivity contribution in [3.63, 3.8) is 0 Å². The summed E-state index contributed by atoms with van der Waals surface area (Å²) >= 11 is 0. The zero-order valence-electron chi connectivity index (χ0n) is 11.4. The van der Waals surface area contributed by atoms with Gasteiger partial charge in [-0.3, -0.25) is 9.89 Å². The third-order valence-electron chi connectivity index (χ3n) is 2.91. The summed E-state index contributed by atoms with van der Waals surface area (Å²) in [4.78, 5) is 23.4. The first-order chi connectivity index (χ1) is 8.97. The van der Waals surface area contributed by atoms with Gasteiger partial charge >= 0.3 is 5.97 Å². The van der Waals surface area contributed by atoms with E-state index in [1.54, 1.807) is 13.0 Å². The molecule has 2 N–H and O–H groups in total. The lowest BCUT2D eigenvalue weighted by atomic mass is 10.2. The van der Waals surface area contributed by atoms with Gasteiger partial charge in [0.2, 0.25) is 0 Å². The fourth-order valence-corrected chi connectivity index (χ4v) is 1.72. The number of H-pyrrole nitrogens is 1. The molecule has 0 radical (unpaired) electrons. The molecule has 1 atom stereocenters. The van der Waals surface area contributed by atoms with Crippen LogP contribution in [0.4, 0.5) is 0 Å². The first kappa shape index (κ1) is 13.6. The Bertz CT molecular complexity index is 477. The summed E-state index contributed by atoms with van der Waals surface area (Å²) in [7, 11) is 0. The number of aromatic amines is 1. The van der Waals surface area contributed by atoms with E-state index in [4.69, 9.17) is 4.74 Å². The van der Waals surface area contributed by atoms with Crippen molar-refractivity contribution in [1.82, 2.24) is 15.5 Å². The highest BCUT2D eigenvalue weighted by Gasteiger charge is 2.27. The van der Waals surface area contributed by atoms with Crippen molar-refractivity contribution in [2.24, 2.45) is 0 Å². The molecule has 1 aliphatic rings. The van der Waals surface area contributed by atoms with E-state index in [0.717, 1.165) is 18.5 Å². The van der Waals surface area contributed by atoms with Gasteiger partial charge in [0.1, 0.15) is 0 Å². The Kier molecular flexibility index (Phi) is 3.87. The van der Waals surface area contributed by atoms with Crippen molar-refractivity contribution >= 4 is 11.9 Å². The van der Waals surface area contributed by atoms with E-state index >= 15 is 0 Å². The van der Waals surface area contributed by atoms with Crippen LogP contribution in [0, 0.1) is 0 Å². The van der Waals surface area contributed by atoms with Crippen molar-refractivity contribution < 1.29 is 14.3 Å². The van der Waals surface area contributed by atoms with E-state index in [1.165, 1.54) is 0 Å². The van der Waals surface area contributed by atoms with Crippen LogP contribution in [0.5, 0.6) is 0 Å². The molecule has 2 rings (SSSR count). The van der Waals surface area contributed by atoms with Crippen molar-refractivity contribution in [2.75, 3.05) is 0 Å². The molecule has 1 aromatic rings. The molecule has 0 aliphatic heterocycles. The zero-order valence-corrected chi connectivity index (χ0v) is 11.4. The number of nitrogens with one attached hydrogen (secondary N) is 2. The van der Waals surface area contributed by atoms with Gasteiger partial charge < -0.3 is 10.1 Å². The fraction of sp³-hybridized carbons (Fsp3) is 0.615. The van der Waals surface area contributed by atoms with E-state index in [9.17, 15) is 9.59 Å². The number of nitrogens with zero attached hydrogens (tertiary/aromatic N) is 1. The predicted molar refractivity (Wildman–Crippen MR) is 68.7 cm³/mol. The van der Waals surface area contributed by atoms with Gasteiger partial charge in [-0.05, 0) is 39.7 Å². The average molecular weight is 265 g/mol. The summed E-state index contributed by atoms with van der Waals surface area (Å²) in [5, 5.41) is 9.44. The van der Waals surface area contributed by atoms with Gasteiger partial charge in [-0.25, -0.2) is 4.79 Å². The predicted octanol–water partition coefficient (Wildman–Crippen LogP) is 1.36. The summed E-state index contributed by atoms with van der Waals surface area (Å²) < 4.78 is 5.08.